The number of aromatic amines is 1. The van der Waals surface area contributed by atoms with Gasteiger partial charge in [0.15, 0.2) is 0 Å². The number of H-pyrrole nitrogens is 1. The Balaban J connectivity index is 2.02. The highest BCUT2D eigenvalue weighted by atomic mass is 16.3. The van der Waals surface area contributed by atoms with Crippen LogP contribution in [0.1, 0.15) is 38.4 Å². The molecular weight excluding hydrogens is 218 g/mol. The molecule has 0 aromatic carbocycles. The maximum Gasteiger partial charge on any atom is 0.252 e. The molecule has 94 valence electrons. The van der Waals surface area contributed by atoms with Crippen LogP contribution in [0.3, 0.4) is 0 Å². The molecular formula is C12H19N3O2. The molecule has 2 rings (SSSR count). The monoisotopic (exact) mass is 237 g/mol. The maximum absolute atomic E-state index is 11.4. The van der Waals surface area contributed by atoms with E-state index in [-0.39, 0.29) is 11.5 Å². The third kappa shape index (κ3) is 3.30. The van der Waals surface area contributed by atoms with Gasteiger partial charge in [0, 0.05) is 18.5 Å². The summed E-state index contributed by atoms with van der Waals surface area (Å²) < 4.78 is 0. The number of anilines is 1. The second-order valence-corrected chi connectivity index (χ2v) is 4.98. The largest absolute Gasteiger partial charge is 0.391 e. The van der Waals surface area contributed by atoms with E-state index < -0.39 is 6.10 Å². The molecule has 1 unspecified atom stereocenters. The Hall–Kier alpha value is -1.36. The van der Waals surface area contributed by atoms with Gasteiger partial charge in [-0.3, -0.25) is 4.79 Å². The highest BCUT2D eigenvalue weighted by molar-refractivity contribution is 5.34. The molecule has 1 saturated carbocycles. The second-order valence-electron chi connectivity index (χ2n) is 4.98. The highest BCUT2D eigenvalue weighted by Crippen LogP contribution is 2.37. The molecule has 0 amide bonds. The average molecular weight is 237 g/mol. The molecule has 3 N–H and O–H groups in total. The number of aliphatic hydroxyl groups is 1. The Bertz CT molecular complexity index is 438. The predicted octanol–water partition coefficient (Wildman–Crippen LogP) is 1.08. The summed E-state index contributed by atoms with van der Waals surface area (Å²) in [5, 5.41) is 12.7. The summed E-state index contributed by atoms with van der Waals surface area (Å²) >= 11 is 0. The Kier molecular flexibility index (Phi) is 3.47. The molecule has 0 radical (unpaired) electrons. The lowest BCUT2D eigenvalue weighted by molar-refractivity contribution is 0.138. The standard InChI is InChI=1S/C12H19N3O2/c1-7(2)9(16)6-13-10-5-11(17)15-12(14-10)8-3-4-8/h5,7-9,16H,3-4,6H2,1-2H3,(H2,13,14,15,17). The van der Waals surface area contributed by atoms with Crippen LogP contribution in [-0.2, 0) is 0 Å². The third-order valence-electron chi connectivity index (χ3n) is 2.99. The minimum absolute atomic E-state index is 0.136. The van der Waals surface area contributed by atoms with E-state index in [1.807, 2.05) is 13.8 Å². The molecule has 1 aliphatic rings. The lowest BCUT2D eigenvalue weighted by Gasteiger charge is -2.15. The zero-order chi connectivity index (χ0) is 12.4. The Labute approximate surface area is 100 Å². The number of nitrogens with one attached hydrogen (secondary N) is 2. The van der Waals surface area contributed by atoms with E-state index in [1.54, 1.807) is 0 Å². The first-order chi connectivity index (χ1) is 8.06. The fraction of sp³-hybridized carbons (Fsp3) is 0.667. The van der Waals surface area contributed by atoms with Gasteiger partial charge in [-0.15, -0.1) is 0 Å². The summed E-state index contributed by atoms with van der Waals surface area (Å²) in [7, 11) is 0. The molecule has 5 heteroatoms. The van der Waals surface area contributed by atoms with E-state index in [0.717, 1.165) is 18.7 Å². The summed E-state index contributed by atoms with van der Waals surface area (Å²) in [5.41, 5.74) is -0.136. The van der Waals surface area contributed by atoms with Crippen molar-refractivity contribution in [2.75, 3.05) is 11.9 Å². The molecule has 0 saturated heterocycles. The molecule has 1 atom stereocenters. The molecule has 0 spiro atoms. The number of aromatic nitrogens is 2. The van der Waals surface area contributed by atoms with Crippen LogP contribution >= 0.6 is 0 Å². The van der Waals surface area contributed by atoms with E-state index in [2.05, 4.69) is 15.3 Å². The lowest BCUT2D eigenvalue weighted by atomic mass is 10.1. The third-order valence-corrected chi connectivity index (χ3v) is 2.99. The van der Waals surface area contributed by atoms with Gasteiger partial charge in [0.05, 0.1) is 6.10 Å². The van der Waals surface area contributed by atoms with E-state index in [4.69, 9.17) is 0 Å². The van der Waals surface area contributed by atoms with E-state index >= 15 is 0 Å². The summed E-state index contributed by atoms with van der Waals surface area (Å²) in [6.45, 7) is 4.32. The van der Waals surface area contributed by atoms with Crippen molar-refractivity contribution in [3.05, 3.63) is 22.2 Å². The van der Waals surface area contributed by atoms with E-state index in [1.165, 1.54) is 6.07 Å². The van der Waals surface area contributed by atoms with Crippen molar-refractivity contribution in [3.63, 3.8) is 0 Å². The molecule has 0 bridgehead atoms. The van der Waals surface area contributed by atoms with E-state index in [9.17, 15) is 9.90 Å². The summed E-state index contributed by atoms with van der Waals surface area (Å²) in [5.74, 6) is 1.92. The van der Waals surface area contributed by atoms with Gasteiger partial charge in [0.25, 0.3) is 5.56 Å². The molecule has 1 aliphatic carbocycles. The van der Waals surface area contributed by atoms with Crippen LogP contribution < -0.4 is 10.9 Å². The topological polar surface area (TPSA) is 78.0 Å². The smallest absolute Gasteiger partial charge is 0.252 e. The zero-order valence-corrected chi connectivity index (χ0v) is 10.2. The van der Waals surface area contributed by atoms with Crippen molar-refractivity contribution in [1.82, 2.24) is 9.97 Å². The molecule has 0 aliphatic heterocycles. The molecule has 1 heterocycles. The lowest BCUT2D eigenvalue weighted by Crippen LogP contribution is -2.26. The van der Waals surface area contributed by atoms with Crippen LogP contribution in [0.4, 0.5) is 5.82 Å². The van der Waals surface area contributed by atoms with Crippen molar-refractivity contribution < 1.29 is 5.11 Å². The van der Waals surface area contributed by atoms with Gasteiger partial charge in [-0.05, 0) is 18.8 Å². The normalized spacial score (nSPS) is 17.2. The maximum atomic E-state index is 11.4. The van der Waals surface area contributed by atoms with Gasteiger partial charge in [0.2, 0.25) is 0 Å². The van der Waals surface area contributed by atoms with Crippen molar-refractivity contribution >= 4 is 5.82 Å². The average Bonchev–Trinajstić information content (AvgIpc) is 3.08. The van der Waals surface area contributed by atoms with E-state index in [0.29, 0.717) is 18.3 Å². The quantitative estimate of drug-likeness (QED) is 0.716. The number of hydrogen-bond donors (Lipinski definition) is 3. The minimum Gasteiger partial charge on any atom is -0.391 e. The van der Waals surface area contributed by atoms with Crippen molar-refractivity contribution in [2.45, 2.75) is 38.7 Å². The van der Waals surface area contributed by atoms with Crippen molar-refractivity contribution in [2.24, 2.45) is 5.92 Å². The molecule has 1 aromatic heterocycles. The SMILES string of the molecule is CC(C)C(O)CNc1cc(=O)[nH]c(C2CC2)n1. The summed E-state index contributed by atoms with van der Waals surface area (Å²) in [4.78, 5) is 18.5. The summed E-state index contributed by atoms with van der Waals surface area (Å²) in [6, 6.07) is 1.43. The molecule has 1 aromatic rings. The minimum atomic E-state index is -0.430. The van der Waals surface area contributed by atoms with Crippen LogP contribution in [-0.4, -0.2) is 27.7 Å². The number of nitrogens with zero attached hydrogens (tertiary/aromatic N) is 1. The van der Waals surface area contributed by atoms with Gasteiger partial charge in [-0.2, -0.15) is 0 Å². The van der Waals surface area contributed by atoms with Crippen LogP contribution in [0, 0.1) is 5.92 Å². The number of rotatable bonds is 5. The first-order valence-corrected chi connectivity index (χ1v) is 6.09. The van der Waals surface area contributed by atoms with Gasteiger partial charge < -0.3 is 15.4 Å². The first kappa shape index (κ1) is 12.1. The molecule has 1 fully saturated rings. The predicted molar refractivity (Wildman–Crippen MR) is 66.2 cm³/mol. The first-order valence-electron chi connectivity index (χ1n) is 6.09. The van der Waals surface area contributed by atoms with Crippen LogP contribution in [0.25, 0.3) is 0 Å². The fourth-order valence-electron chi connectivity index (χ4n) is 1.56. The number of hydrogen-bond acceptors (Lipinski definition) is 4. The fourth-order valence-corrected chi connectivity index (χ4v) is 1.56. The Morgan fingerprint density at radius 2 is 2.29 bits per heavy atom. The van der Waals surface area contributed by atoms with Crippen LogP contribution in [0.15, 0.2) is 10.9 Å². The van der Waals surface area contributed by atoms with Gasteiger partial charge >= 0.3 is 0 Å². The van der Waals surface area contributed by atoms with Crippen LogP contribution in [0.5, 0.6) is 0 Å². The Morgan fingerprint density at radius 3 is 2.88 bits per heavy atom. The summed E-state index contributed by atoms with van der Waals surface area (Å²) in [6.07, 6.45) is 1.77. The van der Waals surface area contributed by atoms with Gasteiger partial charge in [-0.1, -0.05) is 13.8 Å². The second kappa shape index (κ2) is 4.87. The van der Waals surface area contributed by atoms with Gasteiger partial charge in [-0.25, -0.2) is 4.98 Å². The van der Waals surface area contributed by atoms with Crippen molar-refractivity contribution in [1.29, 1.82) is 0 Å². The van der Waals surface area contributed by atoms with Crippen molar-refractivity contribution in [3.8, 4) is 0 Å². The van der Waals surface area contributed by atoms with Gasteiger partial charge in [0.1, 0.15) is 11.6 Å². The molecule has 5 nitrogen and oxygen atoms in total. The highest BCUT2D eigenvalue weighted by Gasteiger charge is 2.26. The molecule has 17 heavy (non-hydrogen) atoms. The Morgan fingerprint density at radius 1 is 1.59 bits per heavy atom. The zero-order valence-electron chi connectivity index (χ0n) is 10.2. The number of aliphatic hydroxyl groups excluding tert-OH is 1. The van der Waals surface area contributed by atoms with Crippen LogP contribution in [0.2, 0.25) is 0 Å².